The number of hydrogen-bond donors (Lipinski definition) is 2. The average molecular weight is 295 g/mol. The van der Waals surface area contributed by atoms with Crippen LogP contribution in [-0.4, -0.2) is 11.2 Å². The van der Waals surface area contributed by atoms with Gasteiger partial charge in [-0.3, -0.25) is 4.98 Å². The number of benzene rings is 2. The molecule has 1 aromatic heterocycles. The lowest BCUT2D eigenvalue weighted by Gasteiger charge is -2.14. The topological polar surface area (TPSA) is 50.9 Å². The lowest BCUT2D eigenvalue weighted by Crippen LogP contribution is -1.96. The Morgan fingerprint density at radius 3 is 2.67 bits per heavy atom. The Morgan fingerprint density at radius 1 is 1.05 bits per heavy atom. The summed E-state index contributed by atoms with van der Waals surface area (Å²) in [5, 5.41) is 5.59. The molecule has 0 aliphatic heterocycles. The Kier molecular flexibility index (Phi) is 3.71. The van der Waals surface area contributed by atoms with Gasteiger partial charge in [-0.25, -0.2) is 0 Å². The molecule has 0 fully saturated rings. The van der Waals surface area contributed by atoms with E-state index in [2.05, 4.69) is 34.8 Å². The molecule has 0 saturated carbocycles. The Morgan fingerprint density at radius 2 is 1.86 bits per heavy atom. The maximum atomic E-state index is 6.05. The first-order valence-electron chi connectivity index (χ1n) is 6.74. The minimum Gasteiger partial charge on any atom is -0.398 e. The zero-order valence-corrected chi connectivity index (χ0v) is 12.9. The van der Waals surface area contributed by atoms with Crippen molar-refractivity contribution >= 4 is 39.6 Å². The van der Waals surface area contributed by atoms with Gasteiger partial charge >= 0.3 is 0 Å². The normalized spacial score (nSPS) is 10.8. The first-order valence-corrected chi connectivity index (χ1v) is 7.96. The molecule has 106 valence electrons. The molecule has 0 amide bonds. The van der Waals surface area contributed by atoms with E-state index in [0.29, 0.717) is 0 Å². The number of para-hydroxylation sites is 1. The van der Waals surface area contributed by atoms with Crippen LogP contribution in [0.1, 0.15) is 5.69 Å². The molecule has 0 atom stereocenters. The molecule has 0 unspecified atom stereocenters. The van der Waals surface area contributed by atoms with Gasteiger partial charge in [-0.2, -0.15) is 0 Å². The molecule has 3 aromatic rings. The van der Waals surface area contributed by atoms with E-state index in [1.165, 1.54) is 4.90 Å². The Labute approximate surface area is 128 Å². The highest BCUT2D eigenvalue weighted by atomic mass is 32.2. The number of nitrogens with zero attached hydrogens (tertiary/aromatic N) is 1. The van der Waals surface area contributed by atoms with Gasteiger partial charge in [0.25, 0.3) is 0 Å². The van der Waals surface area contributed by atoms with Crippen molar-refractivity contribution in [1.82, 2.24) is 4.98 Å². The van der Waals surface area contributed by atoms with E-state index in [9.17, 15) is 0 Å². The number of nitrogens with one attached hydrogen (secondary N) is 1. The predicted molar refractivity (Wildman–Crippen MR) is 92.4 cm³/mol. The number of thioether (sulfide) groups is 1. The number of pyridine rings is 1. The van der Waals surface area contributed by atoms with E-state index in [1.807, 2.05) is 37.4 Å². The Hall–Kier alpha value is -2.20. The zero-order chi connectivity index (χ0) is 14.8. The lowest BCUT2D eigenvalue weighted by molar-refractivity contribution is 1.22. The van der Waals surface area contributed by atoms with E-state index in [4.69, 9.17) is 5.73 Å². The smallest absolute Gasteiger partial charge is 0.0522 e. The molecule has 0 saturated heterocycles. The van der Waals surface area contributed by atoms with Gasteiger partial charge in [0.2, 0.25) is 0 Å². The van der Waals surface area contributed by atoms with Crippen molar-refractivity contribution in [2.75, 3.05) is 17.3 Å². The molecule has 1 heterocycles. The minimum atomic E-state index is 0.751. The van der Waals surface area contributed by atoms with Crippen molar-refractivity contribution in [3.05, 3.63) is 54.4 Å². The molecule has 3 N–H and O–H groups in total. The van der Waals surface area contributed by atoms with E-state index in [1.54, 1.807) is 11.8 Å². The van der Waals surface area contributed by atoms with Crippen LogP contribution in [-0.2, 0) is 0 Å². The van der Waals surface area contributed by atoms with Crippen LogP contribution < -0.4 is 11.1 Å². The molecule has 21 heavy (non-hydrogen) atoms. The monoisotopic (exact) mass is 295 g/mol. The lowest BCUT2D eigenvalue weighted by atomic mass is 10.1. The highest BCUT2D eigenvalue weighted by Crippen LogP contribution is 2.33. The summed E-state index contributed by atoms with van der Waals surface area (Å²) < 4.78 is 0. The molecule has 2 aromatic carbocycles. The van der Waals surface area contributed by atoms with Gasteiger partial charge in [0.05, 0.1) is 5.69 Å². The predicted octanol–water partition coefficient (Wildman–Crippen LogP) is 4.59. The maximum absolute atomic E-state index is 6.05. The summed E-state index contributed by atoms with van der Waals surface area (Å²) >= 11 is 1.73. The highest BCUT2D eigenvalue weighted by Gasteiger charge is 2.07. The quantitative estimate of drug-likeness (QED) is 0.548. The standard InChI is InChI=1S/C17H17N3S/c1-11-9-12-13(10-19-11)14(18)7-8-15(12)20-16-5-3-4-6-17(16)21-2/h3-10,20H,18H2,1-2H3. The Bertz CT molecular complexity index is 799. The number of nitrogen functional groups attached to an aromatic ring is 1. The molecular formula is C17H17N3S. The second-order valence-corrected chi connectivity index (χ2v) is 5.75. The fourth-order valence-electron chi connectivity index (χ4n) is 2.37. The number of anilines is 3. The van der Waals surface area contributed by atoms with Crippen molar-refractivity contribution < 1.29 is 0 Å². The highest BCUT2D eigenvalue weighted by molar-refractivity contribution is 7.98. The van der Waals surface area contributed by atoms with Gasteiger partial charge in [0, 0.05) is 38.9 Å². The second kappa shape index (κ2) is 5.66. The summed E-state index contributed by atoms with van der Waals surface area (Å²) in [7, 11) is 0. The van der Waals surface area contributed by atoms with Crippen molar-refractivity contribution in [1.29, 1.82) is 0 Å². The third kappa shape index (κ3) is 2.67. The van der Waals surface area contributed by atoms with Crippen molar-refractivity contribution in [2.24, 2.45) is 0 Å². The van der Waals surface area contributed by atoms with Crippen molar-refractivity contribution in [3.63, 3.8) is 0 Å². The summed E-state index contributed by atoms with van der Waals surface area (Å²) in [6.45, 7) is 1.99. The van der Waals surface area contributed by atoms with Gasteiger partial charge in [0.1, 0.15) is 0 Å². The zero-order valence-electron chi connectivity index (χ0n) is 12.1. The van der Waals surface area contributed by atoms with E-state index in [-0.39, 0.29) is 0 Å². The minimum absolute atomic E-state index is 0.751. The average Bonchev–Trinajstić information content (AvgIpc) is 2.50. The number of aryl methyl sites for hydroxylation is 1. The number of rotatable bonds is 3. The van der Waals surface area contributed by atoms with Crippen LogP contribution in [0.15, 0.2) is 53.6 Å². The van der Waals surface area contributed by atoms with Gasteiger partial charge in [-0.15, -0.1) is 11.8 Å². The van der Waals surface area contributed by atoms with Gasteiger partial charge in [-0.05, 0) is 43.5 Å². The SMILES string of the molecule is CSc1ccccc1Nc1ccc(N)c2cnc(C)cc12. The molecule has 0 aliphatic carbocycles. The third-order valence-corrected chi connectivity index (χ3v) is 4.24. The summed E-state index contributed by atoms with van der Waals surface area (Å²) in [6.07, 6.45) is 3.92. The maximum Gasteiger partial charge on any atom is 0.0522 e. The second-order valence-electron chi connectivity index (χ2n) is 4.90. The number of aromatic nitrogens is 1. The molecule has 0 radical (unpaired) electrons. The fraction of sp³-hybridized carbons (Fsp3) is 0.118. The van der Waals surface area contributed by atoms with E-state index in [0.717, 1.165) is 33.5 Å². The summed E-state index contributed by atoms with van der Waals surface area (Å²) in [4.78, 5) is 5.55. The van der Waals surface area contributed by atoms with Crippen LogP contribution in [0.3, 0.4) is 0 Å². The molecule has 0 bridgehead atoms. The van der Waals surface area contributed by atoms with Crippen LogP contribution in [0.4, 0.5) is 17.1 Å². The van der Waals surface area contributed by atoms with Crippen LogP contribution in [0.25, 0.3) is 10.8 Å². The number of hydrogen-bond acceptors (Lipinski definition) is 4. The summed E-state index contributed by atoms with van der Waals surface area (Å²) in [5.74, 6) is 0. The molecule has 4 heteroatoms. The van der Waals surface area contributed by atoms with Crippen LogP contribution in [0.5, 0.6) is 0 Å². The van der Waals surface area contributed by atoms with Gasteiger partial charge < -0.3 is 11.1 Å². The van der Waals surface area contributed by atoms with E-state index < -0.39 is 0 Å². The third-order valence-electron chi connectivity index (χ3n) is 3.45. The van der Waals surface area contributed by atoms with Crippen molar-refractivity contribution in [3.8, 4) is 0 Å². The summed E-state index contributed by atoms with van der Waals surface area (Å²) in [6, 6.07) is 14.3. The van der Waals surface area contributed by atoms with E-state index >= 15 is 0 Å². The fourth-order valence-corrected chi connectivity index (χ4v) is 2.92. The largest absolute Gasteiger partial charge is 0.398 e. The first kappa shape index (κ1) is 13.8. The number of fused-ring (bicyclic) bond motifs is 1. The van der Waals surface area contributed by atoms with Gasteiger partial charge in [-0.1, -0.05) is 12.1 Å². The first-order chi connectivity index (χ1) is 10.2. The number of nitrogens with two attached hydrogens (primary N) is 1. The molecule has 3 rings (SSSR count). The van der Waals surface area contributed by atoms with Crippen LogP contribution in [0.2, 0.25) is 0 Å². The molecular weight excluding hydrogens is 278 g/mol. The molecule has 3 nitrogen and oxygen atoms in total. The van der Waals surface area contributed by atoms with Crippen LogP contribution >= 0.6 is 11.8 Å². The van der Waals surface area contributed by atoms with Crippen molar-refractivity contribution in [2.45, 2.75) is 11.8 Å². The van der Waals surface area contributed by atoms with Crippen LogP contribution in [0, 0.1) is 6.92 Å². The molecule has 0 aliphatic rings. The van der Waals surface area contributed by atoms with Gasteiger partial charge in [0.15, 0.2) is 0 Å². The Balaban J connectivity index is 2.13. The summed E-state index contributed by atoms with van der Waals surface area (Å²) in [5.41, 5.74) is 9.93. The molecule has 0 spiro atoms.